The molecule has 5 heteroatoms. The molecule has 0 fully saturated rings. The highest BCUT2D eigenvalue weighted by molar-refractivity contribution is 5.77. The van der Waals surface area contributed by atoms with Gasteiger partial charge in [0.1, 0.15) is 12.3 Å². The molecule has 0 aliphatic rings. The lowest BCUT2D eigenvalue weighted by Gasteiger charge is -2.36. The van der Waals surface area contributed by atoms with Gasteiger partial charge in [-0.05, 0) is 42.7 Å². The molecule has 0 aliphatic carbocycles. The Morgan fingerprint density at radius 1 is 1.08 bits per heavy atom. The van der Waals surface area contributed by atoms with E-state index in [-0.39, 0.29) is 24.0 Å². The van der Waals surface area contributed by atoms with Crippen LogP contribution >= 0.6 is 0 Å². The highest BCUT2D eigenvalue weighted by Gasteiger charge is 2.30. The number of carbonyl (C=O) groups is 1. The van der Waals surface area contributed by atoms with Gasteiger partial charge < -0.3 is 10.1 Å². The second-order valence-corrected chi connectivity index (χ2v) is 10.5. The molecule has 5 nitrogen and oxygen atoms in total. The first-order valence-corrected chi connectivity index (χ1v) is 13.4. The second kappa shape index (κ2) is 17.8. The van der Waals surface area contributed by atoms with Gasteiger partial charge >= 0.3 is 0 Å². The Labute approximate surface area is 220 Å². The van der Waals surface area contributed by atoms with E-state index < -0.39 is 0 Å². The molecule has 0 heterocycles. The van der Waals surface area contributed by atoms with Gasteiger partial charge in [0.05, 0.1) is 7.11 Å². The number of rotatable bonds is 16. The van der Waals surface area contributed by atoms with Gasteiger partial charge in [-0.15, -0.1) is 5.73 Å². The lowest BCUT2D eigenvalue weighted by Crippen LogP contribution is -2.49. The predicted molar refractivity (Wildman–Crippen MR) is 150 cm³/mol. The van der Waals surface area contributed by atoms with Crippen LogP contribution in [0.2, 0.25) is 0 Å². The summed E-state index contributed by atoms with van der Waals surface area (Å²) in [6.07, 6.45) is 8.78. The SMILES string of the molecule is C=C=C(NOC)c1ccc(C#CCCCCOCC(=O)NC(C(C)CCCCCC)C(C)(C)C)cc1. The summed E-state index contributed by atoms with van der Waals surface area (Å²) >= 11 is 0. The van der Waals surface area contributed by atoms with E-state index in [1.54, 1.807) is 7.11 Å². The van der Waals surface area contributed by atoms with Crippen molar-refractivity contribution in [3.8, 4) is 11.8 Å². The fourth-order valence-electron chi connectivity index (χ4n) is 4.25. The summed E-state index contributed by atoms with van der Waals surface area (Å²) in [7, 11) is 1.55. The van der Waals surface area contributed by atoms with Gasteiger partial charge in [-0.2, -0.15) is 0 Å². The number of ether oxygens (including phenoxy) is 1. The van der Waals surface area contributed by atoms with Crippen molar-refractivity contribution in [2.45, 2.75) is 92.0 Å². The molecule has 2 unspecified atom stereocenters. The number of nitrogens with one attached hydrogen (secondary N) is 2. The molecular weight excluding hydrogens is 448 g/mol. The summed E-state index contributed by atoms with van der Waals surface area (Å²) in [5.41, 5.74) is 8.17. The fourth-order valence-corrected chi connectivity index (χ4v) is 4.25. The quantitative estimate of drug-likeness (QED) is 0.117. The minimum atomic E-state index is -0.0197. The maximum atomic E-state index is 12.5. The fraction of sp³-hybridized carbons (Fsp3) is 0.613. The summed E-state index contributed by atoms with van der Waals surface area (Å²) < 4.78 is 5.64. The molecule has 2 atom stereocenters. The van der Waals surface area contributed by atoms with Gasteiger partial charge in [-0.25, -0.2) is 0 Å². The van der Waals surface area contributed by atoms with Crippen molar-refractivity contribution in [1.29, 1.82) is 0 Å². The lowest BCUT2D eigenvalue weighted by atomic mass is 9.77. The van der Waals surface area contributed by atoms with Crippen LogP contribution in [0.3, 0.4) is 0 Å². The van der Waals surface area contributed by atoms with E-state index in [2.05, 4.69) is 69.6 Å². The Hall–Kier alpha value is -2.51. The Balaban J connectivity index is 2.32. The first-order chi connectivity index (χ1) is 17.2. The van der Waals surface area contributed by atoms with E-state index in [9.17, 15) is 4.79 Å². The number of benzene rings is 1. The Morgan fingerprint density at radius 3 is 2.42 bits per heavy atom. The van der Waals surface area contributed by atoms with Crippen LogP contribution in [0.25, 0.3) is 5.70 Å². The van der Waals surface area contributed by atoms with E-state index in [1.807, 2.05) is 24.3 Å². The summed E-state index contributed by atoms with van der Waals surface area (Å²) in [4.78, 5) is 17.4. The molecule has 1 amide bonds. The van der Waals surface area contributed by atoms with E-state index in [0.717, 1.165) is 36.8 Å². The van der Waals surface area contributed by atoms with Gasteiger partial charge in [-0.3, -0.25) is 15.1 Å². The molecule has 0 bridgehead atoms. The third-order valence-corrected chi connectivity index (χ3v) is 6.19. The van der Waals surface area contributed by atoms with Crippen LogP contribution in [0.1, 0.15) is 97.1 Å². The van der Waals surface area contributed by atoms with Gasteiger partial charge in [0.2, 0.25) is 5.91 Å². The van der Waals surface area contributed by atoms with Crippen LogP contribution in [0, 0.1) is 23.2 Å². The smallest absolute Gasteiger partial charge is 0.246 e. The largest absolute Gasteiger partial charge is 0.372 e. The van der Waals surface area contributed by atoms with Crippen LogP contribution in [0.5, 0.6) is 0 Å². The molecule has 1 aromatic carbocycles. The second-order valence-electron chi connectivity index (χ2n) is 10.5. The number of carbonyl (C=O) groups excluding carboxylic acids is 1. The number of hydrogen-bond donors (Lipinski definition) is 2. The Kier molecular flexibility index (Phi) is 15.6. The molecule has 200 valence electrons. The van der Waals surface area contributed by atoms with Gasteiger partial charge in [0.25, 0.3) is 0 Å². The molecule has 0 saturated carbocycles. The van der Waals surface area contributed by atoms with Crippen molar-refractivity contribution >= 4 is 11.6 Å². The van der Waals surface area contributed by atoms with Crippen molar-refractivity contribution in [2.24, 2.45) is 11.3 Å². The van der Waals surface area contributed by atoms with Crippen molar-refractivity contribution in [1.82, 2.24) is 10.8 Å². The number of amides is 1. The normalized spacial score (nSPS) is 12.6. The van der Waals surface area contributed by atoms with E-state index in [1.165, 1.54) is 25.7 Å². The topological polar surface area (TPSA) is 59.6 Å². The molecular formula is C31H48N2O3. The Bertz CT molecular complexity index is 868. The summed E-state index contributed by atoms with van der Waals surface area (Å²) in [6, 6.07) is 8.00. The third kappa shape index (κ3) is 13.0. The first-order valence-electron chi connectivity index (χ1n) is 13.4. The summed E-state index contributed by atoms with van der Waals surface area (Å²) in [5, 5.41) is 3.24. The Morgan fingerprint density at radius 2 is 1.81 bits per heavy atom. The number of unbranched alkanes of at least 4 members (excludes halogenated alkanes) is 5. The van der Waals surface area contributed by atoms with Gasteiger partial charge in [0.15, 0.2) is 0 Å². The van der Waals surface area contributed by atoms with E-state index >= 15 is 0 Å². The summed E-state index contributed by atoms with van der Waals surface area (Å²) in [6.45, 7) is 15.4. The third-order valence-electron chi connectivity index (χ3n) is 6.19. The van der Waals surface area contributed by atoms with Crippen LogP contribution in [-0.4, -0.2) is 32.3 Å². The highest BCUT2D eigenvalue weighted by Crippen LogP contribution is 2.28. The van der Waals surface area contributed by atoms with Crippen LogP contribution in [-0.2, 0) is 14.4 Å². The maximum Gasteiger partial charge on any atom is 0.246 e. The number of hydrogen-bond acceptors (Lipinski definition) is 4. The number of hydroxylamine groups is 1. The monoisotopic (exact) mass is 496 g/mol. The zero-order valence-corrected chi connectivity index (χ0v) is 23.5. The molecule has 1 rings (SSSR count). The molecule has 0 saturated heterocycles. The van der Waals surface area contributed by atoms with Crippen molar-refractivity contribution in [2.75, 3.05) is 20.3 Å². The zero-order valence-electron chi connectivity index (χ0n) is 23.5. The van der Waals surface area contributed by atoms with Crippen molar-refractivity contribution in [3.63, 3.8) is 0 Å². The van der Waals surface area contributed by atoms with Crippen molar-refractivity contribution < 1.29 is 14.4 Å². The standard InChI is InChI=1S/C31H48N2O3/c1-8-10-11-14-17-25(3)30(31(4,5)6)32-29(34)24-36-23-16-13-12-15-18-26-19-21-27(22-20-26)28(9-2)33-35-7/h19-22,25,30,33H,2,8,10-14,16-17,23-24H2,1,3-7H3,(H,32,34). The zero-order chi connectivity index (χ0) is 26.8. The average Bonchev–Trinajstić information content (AvgIpc) is 2.85. The van der Waals surface area contributed by atoms with Crippen LogP contribution < -0.4 is 10.8 Å². The maximum absolute atomic E-state index is 12.5. The van der Waals surface area contributed by atoms with Gasteiger partial charge in [-0.1, -0.05) is 90.9 Å². The van der Waals surface area contributed by atoms with E-state index in [4.69, 9.17) is 9.57 Å². The van der Waals surface area contributed by atoms with E-state index in [0.29, 0.717) is 18.2 Å². The van der Waals surface area contributed by atoms with Crippen LogP contribution in [0.4, 0.5) is 0 Å². The molecule has 1 aromatic rings. The molecule has 0 spiro atoms. The predicted octanol–water partition coefficient (Wildman–Crippen LogP) is 6.64. The average molecular weight is 497 g/mol. The molecule has 2 N–H and O–H groups in total. The minimum Gasteiger partial charge on any atom is -0.372 e. The van der Waals surface area contributed by atoms with Gasteiger partial charge in [0, 0.05) is 30.2 Å². The highest BCUT2D eigenvalue weighted by atomic mass is 16.6. The molecule has 0 aromatic heterocycles. The molecule has 36 heavy (non-hydrogen) atoms. The molecule has 0 aliphatic heterocycles. The van der Waals surface area contributed by atoms with Crippen molar-refractivity contribution in [3.05, 3.63) is 47.7 Å². The summed E-state index contributed by atoms with van der Waals surface area (Å²) in [5.74, 6) is 6.82. The first kappa shape index (κ1) is 31.5. The molecule has 0 radical (unpaired) electrons. The lowest BCUT2D eigenvalue weighted by molar-refractivity contribution is -0.127. The van der Waals surface area contributed by atoms with Crippen LogP contribution in [0.15, 0.2) is 36.6 Å². The minimum absolute atomic E-state index is 0.0181.